The third kappa shape index (κ3) is 8.99. The Bertz CT molecular complexity index is 577. The number of hydrogen-bond donors (Lipinski definition) is 6. The van der Waals surface area contributed by atoms with Crippen molar-refractivity contribution in [2.75, 3.05) is 6.54 Å². The normalized spacial score (nSPS) is 14.2. The smallest absolute Gasteiger partial charge is 0.326 e. The standard InChI is InChI=1S/C16H28N4O7/c1-7(2)12(17)15(25)19-9(5-11(22)23)14(24)18-6-10(21)20-13(8(3)4)16(26)27/h7-9,12-13H,5-6,17H2,1-4H3,(H,18,24)(H,19,25)(H,20,21)(H,22,23)(H,26,27). The van der Waals surface area contributed by atoms with Gasteiger partial charge in [0.05, 0.1) is 19.0 Å². The second-order valence-electron chi connectivity index (χ2n) is 6.77. The van der Waals surface area contributed by atoms with Crippen LogP contribution in [0.4, 0.5) is 0 Å². The van der Waals surface area contributed by atoms with Gasteiger partial charge in [-0.05, 0) is 11.8 Å². The number of carbonyl (C=O) groups is 5. The van der Waals surface area contributed by atoms with E-state index in [2.05, 4.69) is 16.0 Å². The quantitative estimate of drug-likeness (QED) is 0.241. The maximum Gasteiger partial charge on any atom is 0.326 e. The average Bonchev–Trinajstić information content (AvgIpc) is 2.54. The van der Waals surface area contributed by atoms with Gasteiger partial charge in [-0.2, -0.15) is 0 Å². The van der Waals surface area contributed by atoms with Crippen LogP contribution in [0, 0.1) is 11.8 Å². The van der Waals surface area contributed by atoms with E-state index < -0.39 is 60.8 Å². The first-order valence-corrected chi connectivity index (χ1v) is 8.44. The van der Waals surface area contributed by atoms with E-state index in [-0.39, 0.29) is 11.8 Å². The van der Waals surface area contributed by atoms with E-state index in [0.29, 0.717) is 0 Å². The predicted molar refractivity (Wildman–Crippen MR) is 94.4 cm³/mol. The Balaban J connectivity index is 4.86. The van der Waals surface area contributed by atoms with Crippen LogP contribution in [0.1, 0.15) is 34.1 Å². The molecule has 0 bridgehead atoms. The number of nitrogens with one attached hydrogen (secondary N) is 3. The zero-order valence-electron chi connectivity index (χ0n) is 15.8. The molecule has 7 N–H and O–H groups in total. The number of nitrogens with two attached hydrogens (primary N) is 1. The van der Waals surface area contributed by atoms with Crippen molar-refractivity contribution in [2.45, 2.75) is 52.2 Å². The highest BCUT2D eigenvalue weighted by atomic mass is 16.4. The molecule has 11 nitrogen and oxygen atoms in total. The van der Waals surface area contributed by atoms with E-state index in [9.17, 15) is 24.0 Å². The third-order valence-corrected chi connectivity index (χ3v) is 3.71. The van der Waals surface area contributed by atoms with Crippen molar-refractivity contribution in [3.8, 4) is 0 Å². The molecule has 0 aliphatic rings. The zero-order valence-corrected chi connectivity index (χ0v) is 15.8. The Morgan fingerprint density at radius 3 is 1.85 bits per heavy atom. The second-order valence-corrected chi connectivity index (χ2v) is 6.77. The Labute approximate surface area is 157 Å². The fraction of sp³-hybridized carbons (Fsp3) is 0.688. The number of aliphatic carboxylic acids is 2. The van der Waals surface area contributed by atoms with Gasteiger partial charge in [-0.3, -0.25) is 19.2 Å². The minimum absolute atomic E-state index is 0.228. The minimum atomic E-state index is -1.42. The summed E-state index contributed by atoms with van der Waals surface area (Å²) in [5.41, 5.74) is 5.66. The van der Waals surface area contributed by atoms with Crippen molar-refractivity contribution in [3.63, 3.8) is 0 Å². The number of rotatable bonds is 11. The summed E-state index contributed by atoms with van der Waals surface area (Å²) < 4.78 is 0. The van der Waals surface area contributed by atoms with E-state index in [0.717, 1.165) is 0 Å². The molecule has 154 valence electrons. The van der Waals surface area contributed by atoms with Crippen LogP contribution < -0.4 is 21.7 Å². The number of carbonyl (C=O) groups excluding carboxylic acids is 3. The van der Waals surface area contributed by atoms with Crippen LogP contribution in [0.25, 0.3) is 0 Å². The van der Waals surface area contributed by atoms with E-state index in [1.807, 2.05) is 0 Å². The van der Waals surface area contributed by atoms with E-state index in [4.69, 9.17) is 15.9 Å². The van der Waals surface area contributed by atoms with Gasteiger partial charge in [0.25, 0.3) is 0 Å². The number of carboxylic acid groups (broad SMARTS) is 2. The topological polar surface area (TPSA) is 188 Å². The van der Waals surface area contributed by atoms with Gasteiger partial charge in [-0.1, -0.05) is 27.7 Å². The van der Waals surface area contributed by atoms with Crippen molar-refractivity contribution >= 4 is 29.7 Å². The molecule has 0 spiro atoms. The summed E-state index contributed by atoms with van der Waals surface area (Å²) in [5.74, 6) is -5.50. The van der Waals surface area contributed by atoms with Gasteiger partial charge in [0.1, 0.15) is 12.1 Å². The largest absolute Gasteiger partial charge is 0.481 e. The lowest BCUT2D eigenvalue weighted by molar-refractivity contribution is -0.143. The van der Waals surface area contributed by atoms with Crippen LogP contribution in [0.3, 0.4) is 0 Å². The lowest BCUT2D eigenvalue weighted by Gasteiger charge is -2.21. The molecule has 0 aliphatic heterocycles. The molecule has 0 saturated heterocycles. The second kappa shape index (κ2) is 11.1. The first-order valence-electron chi connectivity index (χ1n) is 8.44. The molecular weight excluding hydrogens is 360 g/mol. The molecule has 0 saturated carbocycles. The van der Waals surface area contributed by atoms with Gasteiger partial charge in [-0.25, -0.2) is 4.79 Å². The Hall–Kier alpha value is -2.69. The maximum atomic E-state index is 12.1. The van der Waals surface area contributed by atoms with Crippen molar-refractivity contribution in [3.05, 3.63) is 0 Å². The van der Waals surface area contributed by atoms with Gasteiger partial charge in [0.15, 0.2) is 0 Å². The highest BCUT2D eigenvalue weighted by Gasteiger charge is 2.28. The summed E-state index contributed by atoms with van der Waals surface area (Å²) in [6.07, 6.45) is -0.701. The summed E-state index contributed by atoms with van der Waals surface area (Å²) >= 11 is 0. The van der Waals surface area contributed by atoms with Crippen molar-refractivity contribution in [1.82, 2.24) is 16.0 Å². The van der Waals surface area contributed by atoms with E-state index >= 15 is 0 Å². The molecule has 3 atom stereocenters. The van der Waals surface area contributed by atoms with Crippen molar-refractivity contribution in [1.29, 1.82) is 0 Å². The summed E-state index contributed by atoms with van der Waals surface area (Å²) in [6.45, 7) is 6.02. The van der Waals surface area contributed by atoms with Gasteiger partial charge in [0, 0.05) is 0 Å². The van der Waals surface area contributed by atoms with Crippen molar-refractivity contribution in [2.24, 2.45) is 17.6 Å². The molecule has 3 amide bonds. The summed E-state index contributed by atoms with van der Waals surface area (Å²) in [7, 11) is 0. The molecule has 0 aromatic carbocycles. The summed E-state index contributed by atoms with van der Waals surface area (Å²) in [6, 6.07) is -3.49. The molecule has 27 heavy (non-hydrogen) atoms. The number of hydrogen-bond acceptors (Lipinski definition) is 6. The molecule has 0 aromatic heterocycles. The number of amides is 3. The highest BCUT2D eigenvalue weighted by Crippen LogP contribution is 2.02. The average molecular weight is 388 g/mol. The fourth-order valence-electron chi connectivity index (χ4n) is 1.98. The van der Waals surface area contributed by atoms with Crippen LogP contribution >= 0.6 is 0 Å². The molecule has 11 heteroatoms. The predicted octanol–water partition coefficient (Wildman–Crippen LogP) is -1.73. The molecule has 0 radical (unpaired) electrons. The molecule has 0 heterocycles. The Kier molecular flexibility index (Phi) is 10.0. The zero-order chi connectivity index (χ0) is 21.3. The van der Waals surface area contributed by atoms with Gasteiger partial charge >= 0.3 is 11.9 Å². The molecule has 0 aromatic rings. The molecule has 0 rings (SSSR count). The Morgan fingerprint density at radius 1 is 0.889 bits per heavy atom. The lowest BCUT2D eigenvalue weighted by Crippen LogP contribution is -2.55. The molecule has 0 fully saturated rings. The molecular formula is C16H28N4O7. The van der Waals surface area contributed by atoms with Crippen LogP contribution in [0.15, 0.2) is 0 Å². The number of carboxylic acids is 2. The first-order chi connectivity index (χ1) is 12.4. The van der Waals surface area contributed by atoms with E-state index in [1.165, 1.54) is 0 Å². The Morgan fingerprint density at radius 2 is 1.44 bits per heavy atom. The van der Waals surface area contributed by atoms with Gasteiger partial charge in [-0.15, -0.1) is 0 Å². The molecule has 3 unspecified atom stereocenters. The fourth-order valence-corrected chi connectivity index (χ4v) is 1.98. The third-order valence-electron chi connectivity index (χ3n) is 3.71. The molecule has 0 aliphatic carbocycles. The minimum Gasteiger partial charge on any atom is -0.481 e. The first kappa shape index (κ1) is 24.3. The van der Waals surface area contributed by atoms with Crippen LogP contribution in [-0.2, 0) is 24.0 Å². The summed E-state index contributed by atoms with van der Waals surface area (Å²) in [4.78, 5) is 57.9. The lowest BCUT2D eigenvalue weighted by atomic mass is 10.0. The van der Waals surface area contributed by atoms with Crippen LogP contribution in [-0.4, -0.2) is 64.5 Å². The summed E-state index contributed by atoms with van der Waals surface area (Å²) in [5, 5.41) is 24.6. The van der Waals surface area contributed by atoms with E-state index in [1.54, 1.807) is 27.7 Å². The highest BCUT2D eigenvalue weighted by molar-refractivity contribution is 5.94. The van der Waals surface area contributed by atoms with Gasteiger partial charge in [0.2, 0.25) is 17.7 Å². The van der Waals surface area contributed by atoms with Crippen LogP contribution in [0.5, 0.6) is 0 Å². The van der Waals surface area contributed by atoms with Gasteiger partial charge < -0.3 is 31.9 Å². The van der Waals surface area contributed by atoms with Crippen molar-refractivity contribution < 1.29 is 34.2 Å². The maximum absolute atomic E-state index is 12.1. The van der Waals surface area contributed by atoms with Crippen LogP contribution in [0.2, 0.25) is 0 Å². The SMILES string of the molecule is CC(C)C(N)C(=O)NC(CC(=O)O)C(=O)NCC(=O)NC(C(=O)O)C(C)C. The monoisotopic (exact) mass is 388 g/mol.